The maximum atomic E-state index is 12.6. The summed E-state index contributed by atoms with van der Waals surface area (Å²) >= 11 is 0. The summed E-state index contributed by atoms with van der Waals surface area (Å²) < 4.78 is 0. The van der Waals surface area contributed by atoms with E-state index in [1.165, 1.54) is 32.1 Å². The minimum Gasteiger partial charge on any atom is -0.508 e. The number of rotatable bonds is 3. The average Bonchev–Trinajstić information content (AvgIpc) is 2.44. The van der Waals surface area contributed by atoms with Crippen LogP contribution in [0, 0.1) is 29.6 Å². The topological polar surface area (TPSA) is 49.3 Å². The number of hydrogen-bond donors (Lipinski definition) is 2. The van der Waals surface area contributed by atoms with Crippen molar-refractivity contribution >= 4 is 5.91 Å². The molecule has 0 unspecified atom stereocenters. The highest BCUT2D eigenvalue weighted by molar-refractivity contribution is 5.79. The van der Waals surface area contributed by atoms with E-state index in [-0.39, 0.29) is 17.6 Å². The lowest BCUT2D eigenvalue weighted by Crippen LogP contribution is -2.50. The summed E-state index contributed by atoms with van der Waals surface area (Å²) in [6, 6.07) is 7.14. The molecule has 0 radical (unpaired) electrons. The summed E-state index contributed by atoms with van der Waals surface area (Å²) in [6.45, 7) is 0.524. The van der Waals surface area contributed by atoms with Crippen LogP contribution in [0.25, 0.3) is 0 Å². The van der Waals surface area contributed by atoms with E-state index in [2.05, 4.69) is 5.32 Å². The van der Waals surface area contributed by atoms with Gasteiger partial charge in [-0.1, -0.05) is 12.1 Å². The van der Waals surface area contributed by atoms with E-state index in [0.717, 1.165) is 17.4 Å². The van der Waals surface area contributed by atoms with Crippen molar-refractivity contribution in [2.45, 2.75) is 38.6 Å². The maximum absolute atomic E-state index is 12.6. The average molecular weight is 285 g/mol. The summed E-state index contributed by atoms with van der Waals surface area (Å²) in [5, 5.41) is 12.6. The van der Waals surface area contributed by atoms with Crippen molar-refractivity contribution in [3.05, 3.63) is 29.8 Å². The van der Waals surface area contributed by atoms with Crippen LogP contribution in [0.4, 0.5) is 0 Å². The van der Waals surface area contributed by atoms with Gasteiger partial charge >= 0.3 is 0 Å². The van der Waals surface area contributed by atoms with Crippen LogP contribution >= 0.6 is 0 Å². The molecule has 5 rings (SSSR count). The summed E-state index contributed by atoms with van der Waals surface area (Å²) in [5.74, 6) is 3.82. The SMILES string of the molecule is O=C(NCc1cccc(O)c1)C1C2CC3CC(C2)CC1C3. The van der Waals surface area contributed by atoms with Gasteiger partial charge in [0.15, 0.2) is 0 Å². The quantitative estimate of drug-likeness (QED) is 0.896. The first-order valence-corrected chi connectivity index (χ1v) is 8.24. The lowest BCUT2D eigenvalue weighted by atomic mass is 9.51. The number of amides is 1. The number of carbonyl (C=O) groups is 1. The number of phenolic OH excluding ortho intramolecular Hbond substituents is 1. The molecular formula is C18H23NO2. The lowest BCUT2D eigenvalue weighted by molar-refractivity contribution is -0.138. The minimum atomic E-state index is 0.243. The van der Waals surface area contributed by atoms with Crippen LogP contribution in [-0.4, -0.2) is 11.0 Å². The Bertz CT molecular complexity index is 526. The van der Waals surface area contributed by atoms with E-state index in [9.17, 15) is 9.90 Å². The van der Waals surface area contributed by atoms with Crippen molar-refractivity contribution in [2.75, 3.05) is 0 Å². The van der Waals surface area contributed by atoms with Crippen LogP contribution in [0.1, 0.15) is 37.7 Å². The smallest absolute Gasteiger partial charge is 0.223 e. The Kier molecular flexibility index (Phi) is 3.16. The predicted octanol–water partition coefficient (Wildman–Crippen LogP) is 3.08. The third-order valence-electron chi connectivity index (χ3n) is 5.91. The molecule has 4 bridgehead atoms. The van der Waals surface area contributed by atoms with E-state index in [4.69, 9.17) is 0 Å². The fourth-order valence-corrected chi connectivity index (χ4v) is 5.33. The molecule has 0 atom stereocenters. The molecule has 4 fully saturated rings. The van der Waals surface area contributed by atoms with E-state index in [0.29, 0.717) is 18.4 Å². The molecule has 0 aromatic heterocycles. The Balaban J connectivity index is 1.41. The Hall–Kier alpha value is -1.51. The molecule has 112 valence electrons. The van der Waals surface area contributed by atoms with E-state index < -0.39 is 0 Å². The van der Waals surface area contributed by atoms with Gasteiger partial charge in [0.1, 0.15) is 5.75 Å². The van der Waals surface area contributed by atoms with Crippen molar-refractivity contribution in [2.24, 2.45) is 29.6 Å². The highest BCUT2D eigenvalue weighted by Gasteiger charge is 2.50. The molecule has 1 amide bonds. The standard InChI is InChI=1S/C18H23NO2/c20-16-3-1-2-11(9-16)10-19-18(21)17-14-5-12-4-13(7-14)8-15(17)6-12/h1-3,9,12-15,17,20H,4-8,10H2,(H,19,21). The second kappa shape index (κ2) is 5.04. The first kappa shape index (κ1) is 13.2. The van der Waals surface area contributed by atoms with Gasteiger partial charge in [-0.25, -0.2) is 0 Å². The Morgan fingerprint density at radius 3 is 2.38 bits per heavy atom. The van der Waals surface area contributed by atoms with Crippen molar-refractivity contribution in [1.29, 1.82) is 0 Å². The molecule has 4 aliphatic carbocycles. The van der Waals surface area contributed by atoms with Crippen LogP contribution in [-0.2, 0) is 11.3 Å². The van der Waals surface area contributed by atoms with Gasteiger partial charge in [0, 0.05) is 12.5 Å². The normalized spacial score (nSPS) is 36.7. The largest absolute Gasteiger partial charge is 0.508 e. The molecule has 0 aliphatic heterocycles. The molecule has 3 heteroatoms. The van der Waals surface area contributed by atoms with Gasteiger partial charge in [-0.2, -0.15) is 0 Å². The fraction of sp³-hybridized carbons (Fsp3) is 0.611. The molecule has 1 aromatic rings. The van der Waals surface area contributed by atoms with Crippen LogP contribution in [0.15, 0.2) is 24.3 Å². The summed E-state index contributed by atoms with van der Waals surface area (Å²) in [6.07, 6.45) is 6.52. The van der Waals surface area contributed by atoms with Gasteiger partial charge in [0.05, 0.1) is 0 Å². The van der Waals surface area contributed by atoms with Crippen molar-refractivity contribution in [1.82, 2.24) is 5.32 Å². The van der Waals surface area contributed by atoms with E-state index >= 15 is 0 Å². The zero-order valence-electron chi connectivity index (χ0n) is 12.3. The zero-order valence-corrected chi connectivity index (χ0v) is 12.3. The van der Waals surface area contributed by atoms with Crippen LogP contribution in [0.2, 0.25) is 0 Å². The molecule has 4 saturated carbocycles. The first-order valence-electron chi connectivity index (χ1n) is 8.24. The van der Waals surface area contributed by atoms with Gasteiger partial charge in [-0.15, -0.1) is 0 Å². The highest BCUT2D eigenvalue weighted by atomic mass is 16.3. The minimum absolute atomic E-state index is 0.243. The molecular weight excluding hydrogens is 262 g/mol. The van der Waals surface area contributed by atoms with Crippen LogP contribution < -0.4 is 5.32 Å². The molecule has 0 spiro atoms. The number of carbonyl (C=O) groups excluding carboxylic acids is 1. The monoisotopic (exact) mass is 285 g/mol. The summed E-state index contributed by atoms with van der Waals surface area (Å²) in [5.41, 5.74) is 0.965. The molecule has 1 aromatic carbocycles. The van der Waals surface area contributed by atoms with Gasteiger partial charge in [-0.05, 0) is 73.5 Å². The van der Waals surface area contributed by atoms with E-state index in [1.54, 1.807) is 12.1 Å². The van der Waals surface area contributed by atoms with Crippen LogP contribution in [0.5, 0.6) is 5.75 Å². The van der Waals surface area contributed by atoms with Gasteiger partial charge in [0.2, 0.25) is 5.91 Å². The molecule has 2 N–H and O–H groups in total. The Morgan fingerprint density at radius 1 is 1.10 bits per heavy atom. The van der Waals surface area contributed by atoms with Crippen molar-refractivity contribution in [3.63, 3.8) is 0 Å². The molecule has 0 saturated heterocycles. The number of nitrogens with one attached hydrogen (secondary N) is 1. The third kappa shape index (κ3) is 2.43. The Morgan fingerprint density at radius 2 is 1.76 bits per heavy atom. The lowest BCUT2D eigenvalue weighted by Gasteiger charge is -2.53. The summed E-state index contributed by atoms with van der Waals surface area (Å²) in [7, 11) is 0. The third-order valence-corrected chi connectivity index (χ3v) is 5.91. The number of phenols is 1. The molecule has 4 aliphatic rings. The van der Waals surface area contributed by atoms with Crippen molar-refractivity contribution < 1.29 is 9.90 Å². The van der Waals surface area contributed by atoms with Crippen molar-refractivity contribution in [3.8, 4) is 5.75 Å². The fourth-order valence-electron chi connectivity index (χ4n) is 5.33. The maximum Gasteiger partial charge on any atom is 0.223 e. The van der Waals surface area contributed by atoms with Crippen LogP contribution in [0.3, 0.4) is 0 Å². The van der Waals surface area contributed by atoms with Gasteiger partial charge < -0.3 is 10.4 Å². The number of aromatic hydroxyl groups is 1. The Labute approximate surface area is 125 Å². The predicted molar refractivity (Wildman–Crippen MR) is 80.5 cm³/mol. The number of hydrogen-bond acceptors (Lipinski definition) is 2. The van der Waals surface area contributed by atoms with E-state index in [1.807, 2.05) is 12.1 Å². The second-order valence-electron chi connectivity index (χ2n) is 7.34. The van der Waals surface area contributed by atoms with Gasteiger partial charge in [-0.3, -0.25) is 4.79 Å². The highest BCUT2D eigenvalue weighted by Crippen LogP contribution is 2.56. The number of benzene rings is 1. The molecule has 3 nitrogen and oxygen atoms in total. The molecule has 0 heterocycles. The summed E-state index contributed by atoms with van der Waals surface area (Å²) in [4.78, 5) is 12.6. The molecule has 21 heavy (non-hydrogen) atoms. The van der Waals surface area contributed by atoms with Gasteiger partial charge in [0.25, 0.3) is 0 Å². The first-order chi connectivity index (χ1) is 10.2. The zero-order chi connectivity index (χ0) is 14.4. The second-order valence-corrected chi connectivity index (χ2v) is 7.34.